The Morgan fingerprint density at radius 2 is 1.83 bits per heavy atom. The van der Waals surface area contributed by atoms with Crippen molar-refractivity contribution in [1.29, 1.82) is 0 Å². The SMILES string of the molecule is CC[C@@H](C)C(=O)N(C)Cc1ccc(C(N)=O)cc1. The first kappa shape index (κ1) is 14.2. The average Bonchev–Trinajstić information content (AvgIpc) is 2.37. The van der Waals surface area contributed by atoms with Crippen LogP contribution in [0.25, 0.3) is 0 Å². The lowest BCUT2D eigenvalue weighted by Crippen LogP contribution is -2.30. The summed E-state index contributed by atoms with van der Waals surface area (Å²) in [6.45, 7) is 4.47. The van der Waals surface area contributed by atoms with E-state index in [1.165, 1.54) is 0 Å². The van der Waals surface area contributed by atoms with Gasteiger partial charge in [0.05, 0.1) is 0 Å². The van der Waals surface area contributed by atoms with E-state index < -0.39 is 5.91 Å². The molecule has 4 nitrogen and oxygen atoms in total. The maximum Gasteiger partial charge on any atom is 0.248 e. The van der Waals surface area contributed by atoms with Crippen LogP contribution in [-0.4, -0.2) is 23.8 Å². The van der Waals surface area contributed by atoms with Crippen LogP contribution in [0.2, 0.25) is 0 Å². The third kappa shape index (κ3) is 3.58. The van der Waals surface area contributed by atoms with Crippen molar-refractivity contribution in [3.8, 4) is 0 Å². The normalized spacial score (nSPS) is 11.9. The van der Waals surface area contributed by atoms with E-state index in [-0.39, 0.29) is 11.8 Å². The number of hydrogen-bond acceptors (Lipinski definition) is 2. The molecule has 2 N–H and O–H groups in total. The van der Waals surface area contributed by atoms with Gasteiger partial charge in [0.15, 0.2) is 0 Å². The summed E-state index contributed by atoms with van der Waals surface area (Å²) in [6, 6.07) is 7.00. The van der Waals surface area contributed by atoms with Gasteiger partial charge in [0.25, 0.3) is 0 Å². The number of rotatable bonds is 5. The number of nitrogens with zero attached hydrogens (tertiary/aromatic N) is 1. The molecule has 0 unspecified atom stereocenters. The smallest absolute Gasteiger partial charge is 0.248 e. The van der Waals surface area contributed by atoms with Gasteiger partial charge in [-0.25, -0.2) is 0 Å². The van der Waals surface area contributed by atoms with Gasteiger partial charge in [-0.15, -0.1) is 0 Å². The second-order valence-corrected chi connectivity index (χ2v) is 4.56. The van der Waals surface area contributed by atoms with Crippen molar-refractivity contribution in [2.75, 3.05) is 7.05 Å². The molecular weight excluding hydrogens is 228 g/mol. The fourth-order valence-electron chi connectivity index (χ4n) is 1.68. The highest BCUT2D eigenvalue weighted by Gasteiger charge is 2.15. The third-order valence-electron chi connectivity index (χ3n) is 3.07. The molecule has 0 aliphatic carbocycles. The topological polar surface area (TPSA) is 63.4 Å². The van der Waals surface area contributed by atoms with Crippen LogP contribution in [0.15, 0.2) is 24.3 Å². The molecule has 1 atom stereocenters. The molecule has 0 aliphatic rings. The van der Waals surface area contributed by atoms with E-state index in [0.717, 1.165) is 12.0 Å². The standard InChI is InChI=1S/C14H20N2O2/c1-4-10(2)14(18)16(3)9-11-5-7-12(8-6-11)13(15)17/h5-8,10H,4,9H2,1-3H3,(H2,15,17)/t10-/m1/s1. The summed E-state index contributed by atoms with van der Waals surface area (Å²) in [5.74, 6) is -0.262. The van der Waals surface area contributed by atoms with Gasteiger partial charge < -0.3 is 10.6 Å². The van der Waals surface area contributed by atoms with Gasteiger partial charge in [-0.3, -0.25) is 9.59 Å². The lowest BCUT2D eigenvalue weighted by atomic mass is 10.1. The molecule has 0 saturated heterocycles. The number of hydrogen-bond donors (Lipinski definition) is 1. The molecule has 18 heavy (non-hydrogen) atoms. The molecule has 0 saturated carbocycles. The van der Waals surface area contributed by atoms with Crippen LogP contribution in [0.3, 0.4) is 0 Å². The summed E-state index contributed by atoms with van der Waals surface area (Å²) < 4.78 is 0. The molecule has 98 valence electrons. The number of carbonyl (C=O) groups is 2. The van der Waals surface area contributed by atoms with E-state index >= 15 is 0 Å². The van der Waals surface area contributed by atoms with E-state index in [4.69, 9.17) is 5.73 Å². The van der Waals surface area contributed by atoms with E-state index in [1.807, 2.05) is 26.0 Å². The molecule has 1 rings (SSSR count). The van der Waals surface area contributed by atoms with E-state index in [2.05, 4.69) is 0 Å². The van der Waals surface area contributed by atoms with Crippen molar-refractivity contribution in [2.45, 2.75) is 26.8 Å². The zero-order chi connectivity index (χ0) is 13.7. The maximum absolute atomic E-state index is 11.9. The maximum atomic E-state index is 11.9. The molecule has 2 amide bonds. The van der Waals surface area contributed by atoms with Crippen LogP contribution in [0.4, 0.5) is 0 Å². The third-order valence-corrected chi connectivity index (χ3v) is 3.07. The minimum atomic E-state index is -0.439. The van der Waals surface area contributed by atoms with Crippen molar-refractivity contribution in [3.63, 3.8) is 0 Å². The van der Waals surface area contributed by atoms with Crippen LogP contribution in [0, 0.1) is 5.92 Å². The number of primary amides is 1. The van der Waals surface area contributed by atoms with Crippen molar-refractivity contribution >= 4 is 11.8 Å². The monoisotopic (exact) mass is 248 g/mol. The second-order valence-electron chi connectivity index (χ2n) is 4.56. The van der Waals surface area contributed by atoms with Gasteiger partial charge in [0.2, 0.25) is 11.8 Å². The Balaban J connectivity index is 2.67. The average molecular weight is 248 g/mol. The van der Waals surface area contributed by atoms with Crippen LogP contribution >= 0.6 is 0 Å². The largest absolute Gasteiger partial charge is 0.366 e. The first-order valence-electron chi connectivity index (χ1n) is 6.09. The Morgan fingerprint density at radius 1 is 1.28 bits per heavy atom. The highest BCUT2D eigenvalue weighted by molar-refractivity contribution is 5.92. The molecule has 0 aliphatic heterocycles. The van der Waals surface area contributed by atoms with Crippen molar-refractivity contribution in [3.05, 3.63) is 35.4 Å². The van der Waals surface area contributed by atoms with Gasteiger partial charge in [-0.2, -0.15) is 0 Å². The Morgan fingerprint density at radius 3 is 2.28 bits per heavy atom. The van der Waals surface area contributed by atoms with Gasteiger partial charge in [-0.05, 0) is 24.1 Å². The Kier molecular flexibility index (Phi) is 4.89. The van der Waals surface area contributed by atoms with Crippen LogP contribution in [0.5, 0.6) is 0 Å². The summed E-state index contributed by atoms with van der Waals surface area (Å²) in [7, 11) is 1.79. The molecule has 1 aromatic rings. The van der Waals surface area contributed by atoms with Gasteiger partial charge in [0.1, 0.15) is 0 Å². The van der Waals surface area contributed by atoms with Gasteiger partial charge >= 0.3 is 0 Å². The zero-order valence-corrected chi connectivity index (χ0v) is 11.1. The van der Waals surface area contributed by atoms with E-state index in [0.29, 0.717) is 12.1 Å². The number of carbonyl (C=O) groups excluding carboxylic acids is 2. The summed E-state index contributed by atoms with van der Waals surface area (Å²) in [5, 5.41) is 0. The lowest BCUT2D eigenvalue weighted by molar-refractivity contribution is -0.134. The Labute approximate surface area is 108 Å². The molecule has 0 spiro atoms. The van der Waals surface area contributed by atoms with E-state index in [1.54, 1.807) is 24.1 Å². The quantitative estimate of drug-likeness (QED) is 0.863. The number of amides is 2. The Hall–Kier alpha value is -1.84. The Bertz CT molecular complexity index is 426. The molecule has 0 bridgehead atoms. The van der Waals surface area contributed by atoms with Crippen LogP contribution in [0.1, 0.15) is 36.2 Å². The van der Waals surface area contributed by atoms with Crippen molar-refractivity contribution in [1.82, 2.24) is 4.90 Å². The highest BCUT2D eigenvalue weighted by atomic mass is 16.2. The minimum Gasteiger partial charge on any atom is -0.366 e. The predicted molar refractivity (Wildman–Crippen MR) is 70.9 cm³/mol. The molecule has 0 radical (unpaired) electrons. The summed E-state index contributed by atoms with van der Waals surface area (Å²) >= 11 is 0. The summed E-state index contributed by atoms with van der Waals surface area (Å²) in [6.07, 6.45) is 0.837. The summed E-state index contributed by atoms with van der Waals surface area (Å²) in [4.78, 5) is 24.5. The van der Waals surface area contributed by atoms with Crippen molar-refractivity contribution in [2.24, 2.45) is 11.7 Å². The predicted octanol–water partition coefficient (Wildman–Crippen LogP) is 1.79. The molecule has 4 heteroatoms. The highest BCUT2D eigenvalue weighted by Crippen LogP contribution is 2.10. The van der Waals surface area contributed by atoms with Crippen LogP contribution < -0.4 is 5.73 Å². The van der Waals surface area contributed by atoms with Gasteiger partial charge in [-0.1, -0.05) is 26.0 Å². The molecular formula is C14H20N2O2. The molecule has 0 fully saturated rings. The summed E-state index contributed by atoms with van der Waals surface area (Å²) in [5.41, 5.74) is 6.63. The molecule has 0 heterocycles. The number of benzene rings is 1. The number of nitrogens with two attached hydrogens (primary N) is 1. The van der Waals surface area contributed by atoms with Crippen LogP contribution in [-0.2, 0) is 11.3 Å². The molecule has 0 aromatic heterocycles. The minimum absolute atomic E-state index is 0.0416. The first-order chi connectivity index (χ1) is 8.45. The first-order valence-corrected chi connectivity index (χ1v) is 6.09. The fourth-order valence-corrected chi connectivity index (χ4v) is 1.68. The fraction of sp³-hybridized carbons (Fsp3) is 0.429. The van der Waals surface area contributed by atoms with Gasteiger partial charge in [0, 0.05) is 25.1 Å². The lowest BCUT2D eigenvalue weighted by Gasteiger charge is -2.20. The second kappa shape index (κ2) is 6.19. The van der Waals surface area contributed by atoms with Crippen molar-refractivity contribution < 1.29 is 9.59 Å². The van der Waals surface area contributed by atoms with E-state index in [9.17, 15) is 9.59 Å². The zero-order valence-electron chi connectivity index (χ0n) is 11.1. The molecule has 1 aromatic carbocycles.